The van der Waals surface area contributed by atoms with E-state index in [4.69, 9.17) is 18.6 Å². The fraction of sp³-hybridized carbons (Fsp3) is 0.654. The van der Waals surface area contributed by atoms with Crippen molar-refractivity contribution >= 4 is 17.7 Å². The van der Waals surface area contributed by atoms with Crippen molar-refractivity contribution in [2.24, 2.45) is 28.1 Å². The van der Waals surface area contributed by atoms with Gasteiger partial charge in [0.2, 0.25) is 0 Å². The standard InChI is InChI=1S/C26H30O7/c1-22(2)16-12-17(27)25(5)15(23(16,3)9-7-18(28)32-22)6-10-24(4)19(14-8-11-30-13-14)31-21(29)20-26(24,25)33-20/h7-9,11,13,15-16,19-20H,6,10,12H2,1-5H3/t15-,16-,19-,20-,23-,24+,25+,26-/m1/s1. The average molecular weight is 455 g/mol. The number of carbonyl (C=O) groups excluding carboxylic acids is 3. The Morgan fingerprint density at radius 1 is 1.00 bits per heavy atom. The molecule has 1 spiro atoms. The Labute approximate surface area is 192 Å². The molecule has 4 heterocycles. The van der Waals surface area contributed by atoms with Gasteiger partial charge in [0.1, 0.15) is 23.1 Å². The molecular formula is C26H30O7. The van der Waals surface area contributed by atoms with E-state index >= 15 is 0 Å². The molecule has 0 aromatic carbocycles. The van der Waals surface area contributed by atoms with Crippen LogP contribution in [0, 0.1) is 28.1 Å². The van der Waals surface area contributed by atoms with Crippen LogP contribution in [-0.4, -0.2) is 35.0 Å². The van der Waals surface area contributed by atoms with Gasteiger partial charge in [0.25, 0.3) is 0 Å². The number of hydrogen-bond donors (Lipinski definition) is 0. The lowest BCUT2D eigenvalue weighted by Crippen LogP contribution is -2.71. The van der Waals surface area contributed by atoms with Gasteiger partial charge in [-0.3, -0.25) is 4.79 Å². The second-order valence-corrected chi connectivity index (χ2v) is 11.7. The summed E-state index contributed by atoms with van der Waals surface area (Å²) in [6, 6.07) is 1.81. The predicted octanol–water partition coefficient (Wildman–Crippen LogP) is 3.92. The molecule has 1 aromatic heterocycles. The number of hydrogen-bond acceptors (Lipinski definition) is 7. The van der Waals surface area contributed by atoms with Gasteiger partial charge in [0.05, 0.1) is 17.9 Å². The number of carbonyl (C=O) groups is 3. The Morgan fingerprint density at radius 3 is 2.45 bits per heavy atom. The van der Waals surface area contributed by atoms with Gasteiger partial charge in [0, 0.05) is 29.4 Å². The molecule has 0 amide bonds. The number of fused-ring (bicyclic) bond motifs is 3. The molecule has 0 bridgehead atoms. The van der Waals surface area contributed by atoms with E-state index in [1.54, 1.807) is 12.5 Å². The van der Waals surface area contributed by atoms with E-state index in [0.29, 0.717) is 6.42 Å². The minimum atomic E-state index is -0.958. The number of allylic oxidation sites excluding steroid dienone is 1. The molecule has 3 aliphatic heterocycles. The zero-order valence-corrected chi connectivity index (χ0v) is 19.7. The highest BCUT2D eigenvalue weighted by molar-refractivity contribution is 5.93. The van der Waals surface area contributed by atoms with Crippen molar-refractivity contribution in [3.05, 3.63) is 36.3 Å². The lowest BCUT2D eigenvalue weighted by molar-refractivity contribution is -0.215. The molecule has 0 unspecified atom stereocenters. The Balaban J connectivity index is 1.53. The molecule has 176 valence electrons. The van der Waals surface area contributed by atoms with Crippen LogP contribution in [0.15, 0.2) is 35.2 Å². The fourth-order valence-corrected chi connectivity index (χ4v) is 8.49. The lowest BCUT2D eigenvalue weighted by Gasteiger charge is -2.64. The lowest BCUT2D eigenvalue weighted by atomic mass is 9.37. The zero-order valence-electron chi connectivity index (χ0n) is 19.7. The topological polar surface area (TPSA) is 95.3 Å². The number of ketones is 1. The highest BCUT2D eigenvalue weighted by Gasteiger charge is 2.88. The van der Waals surface area contributed by atoms with Crippen molar-refractivity contribution < 1.29 is 33.0 Å². The SMILES string of the molecule is CC1(C)OC(=O)C=C[C@@]2(C)[C@@H]1CC(=O)[C@]1(C)[C@@H]2CC[C@@]2(C)[C@@H](c3ccoc3)OC(=O)[C@H]3O[C@]321. The molecule has 6 rings (SSSR count). The van der Waals surface area contributed by atoms with Gasteiger partial charge >= 0.3 is 11.9 Å². The monoisotopic (exact) mass is 454 g/mol. The van der Waals surface area contributed by atoms with Gasteiger partial charge in [0.15, 0.2) is 6.10 Å². The number of epoxide rings is 1. The van der Waals surface area contributed by atoms with Crippen molar-refractivity contribution in [1.29, 1.82) is 0 Å². The first-order valence-corrected chi connectivity index (χ1v) is 11.8. The smallest absolute Gasteiger partial charge is 0.339 e. The summed E-state index contributed by atoms with van der Waals surface area (Å²) in [4.78, 5) is 39.6. The Bertz CT molecular complexity index is 1100. The first-order chi connectivity index (χ1) is 15.4. The van der Waals surface area contributed by atoms with Crippen LogP contribution in [-0.2, 0) is 28.6 Å². The zero-order chi connectivity index (χ0) is 23.6. The van der Waals surface area contributed by atoms with E-state index in [0.717, 1.165) is 12.0 Å². The highest BCUT2D eigenvalue weighted by atomic mass is 16.7. The Hall–Kier alpha value is -2.41. The van der Waals surface area contributed by atoms with Crippen LogP contribution in [0.3, 0.4) is 0 Å². The van der Waals surface area contributed by atoms with Gasteiger partial charge in [-0.2, -0.15) is 0 Å². The average Bonchev–Trinajstić information content (AvgIpc) is 3.33. The third-order valence-electron chi connectivity index (χ3n) is 10.0. The van der Waals surface area contributed by atoms with Crippen molar-refractivity contribution in [3.63, 3.8) is 0 Å². The van der Waals surface area contributed by atoms with Crippen molar-refractivity contribution in [3.8, 4) is 0 Å². The molecule has 5 aliphatic rings. The van der Waals surface area contributed by atoms with Crippen LogP contribution in [0.5, 0.6) is 0 Å². The molecule has 2 aliphatic carbocycles. The van der Waals surface area contributed by atoms with Crippen LogP contribution in [0.25, 0.3) is 0 Å². The van der Waals surface area contributed by atoms with Crippen LogP contribution >= 0.6 is 0 Å². The minimum absolute atomic E-state index is 0.0727. The molecule has 4 fully saturated rings. The maximum absolute atomic E-state index is 14.1. The molecule has 7 nitrogen and oxygen atoms in total. The summed E-state index contributed by atoms with van der Waals surface area (Å²) >= 11 is 0. The molecule has 1 aromatic rings. The quantitative estimate of drug-likeness (QED) is 0.469. The van der Waals surface area contributed by atoms with E-state index in [2.05, 4.69) is 13.8 Å². The minimum Gasteiger partial charge on any atom is -0.472 e. The van der Waals surface area contributed by atoms with Crippen LogP contribution < -0.4 is 0 Å². The van der Waals surface area contributed by atoms with Crippen molar-refractivity contribution in [2.45, 2.75) is 77.3 Å². The number of cyclic esters (lactones) is 2. The van der Waals surface area contributed by atoms with Gasteiger partial charge < -0.3 is 18.6 Å². The Kier molecular flexibility index (Phi) is 3.83. The molecule has 33 heavy (non-hydrogen) atoms. The van der Waals surface area contributed by atoms with Crippen LogP contribution in [0.1, 0.15) is 65.5 Å². The van der Waals surface area contributed by atoms with Gasteiger partial charge in [-0.25, -0.2) is 9.59 Å². The van der Waals surface area contributed by atoms with Crippen LogP contribution in [0.4, 0.5) is 0 Å². The second kappa shape index (κ2) is 5.98. The highest BCUT2D eigenvalue weighted by Crippen LogP contribution is 2.78. The predicted molar refractivity (Wildman–Crippen MR) is 115 cm³/mol. The van der Waals surface area contributed by atoms with E-state index in [1.165, 1.54) is 6.08 Å². The van der Waals surface area contributed by atoms with Crippen molar-refractivity contribution in [2.75, 3.05) is 0 Å². The fourth-order valence-electron chi connectivity index (χ4n) is 8.49. The summed E-state index contributed by atoms with van der Waals surface area (Å²) in [6.45, 7) is 9.99. The van der Waals surface area contributed by atoms with Gasteiger partial charge in [-0.15, -0.1) is 0 Å². The number of Topliss-reactive ketones (excluding diaryl/α,β-unsaturated/α-hetero) is 1. The molecule has 7 heteroatoms. The summed E-state index contributed by atoms with van der Waals surface area (Å²) in [7, 11) is 0. The third-order valence-corrected chi connectivity index (χ3v) is 10.0. The Morgan fingerprint density at radius 2 is 1.76 bits per heavy atom. The summed E-state index contributed by atoms with van der Waals surface area (Å²) in [5.74, 6) is -1.02. The summed E-state index contributed by atoms with van der Waals surface area (Å²) in [5, 5.41) is 0. The maximum Gasteiger partial charge on any atom is 0.339 e. The summed E-state index contributed by atoms with van der Waals surface area (Å²) in [5.41, 5.74) is -2.94. The van der Waals surface area contributed by atoms with Crippen LogP contribution in [0.2, 0.25) is 0 Å². The van der Waals surface area contributed by atoms with E-state index < -0.39 is 45.6 Å². The summed E-state index contributed by atoms with van der Waals surface area (Å²) < 4.78 is 23.3. The van der Waals surface area contributed by atoms with E-state index in [1.807, 2.05) is 32.9 Å². The van der Waals surface area contributed by atoms with Gasteiger partial charge in [-0.1, -0.05) is 19.9 Å². The number of ether oxygens (including phenoxy) is 3. The third kappa shape index (κ3) is 2.23. The first kappa shape index (κ1) is 21.1. The van der Waals surface area contributed by atoms with E-state index in [-0.39, 0.29) is 30.0 Å². The molecular weight excluding hydrogens is 424 g/mol. The molecule has 8 atom stereocenters. The first-order valence-electron chi connectivity index (χ1n) is 11.8. The number of esters is 2. The number of rotatable bonds is 1. The molecule has 0 radical (unpaired) electrons. The van der Waals surface area contributed by atoms with Crippen molar-refractivity contribution in [1.82, 2.24) is 0 Å². The molecule has 0 N–H and O–H groups in total. The number of furan rings is 1. The largest absolute Gasteiger partial charge is 0.472 e. The van der Waals surface area contributed by atoms with E-state index in [9.17, 15) is 14.4 Å². The van der Waals surface area contributed by atoms with Gasteiger partial charge in [-0.05, 0) is 51.0 Å². The second-order valence-electron chi connectivity index (χ2n) is 11.7. The normalized spacial score (nSPS) is 49.5. The molecule has 2 saturated heterocycles. The maximum atomic E-state index is 14.1. The molecule has 2 saturated carbocycles. The summed E-state index contributed by atoms with van der Waals surface area (Å²) in [6.07, 6.45) is 7.04.